The molecule has 9 nitrogen and oxygen atoms in total. The highest BCUT2D eigenvalue weighted by molar-refractivity contribution is 7.89. The number of hydrogen-bond donors (Lipinski definition) is 1. The molecule has 1 aliphatic rings. The number of nitrogens with one attached hydrogen (secondary N) is 1. The summed E-state index contributed by atoms with van der Waals surface area (Å²) in [6.07, 6.45) is 2.48. The Hall–Kier alpha value is -3.35. The number of para-hydroxylation sites is 2. The van der Waals surface area contributed by atoms with Crippen LogP contribution in [0.1, 0.15) is 5.56 Å². The van der Waals surface area contributed by atoms with Gasteiger partial charge in [-0.2, -0.15) is 13.1 Å². The Bertz CT molecular complexity index is 1130. The van der Waals surface area contributed by atoms with Gasteiger partial charge in [0.15, 0.2) is 6.61 Å². The van der Waals surface area contributed by atoms with E-state index in [4.69, 9.17) is 9.47 Å². The highest BCUT2D eigenvalue weighted by Gasteiger charge is 2.26. The quantitative estimate of drug-likeness (QED) is 0.419. The summed E-state index contributed by atoms with van der Waals surface area (Å²) >= 11 is 0. The number of carbonyl (C=O) groups excluding carboxylic acids is 2. The van der Waals surface area contributed by atoms with Gasteiger partial charge in [-0.25, -0.2) is 13.2 Å². The number of ether oxygens (including phenoxy) is 3. The van der Waals surface area contributed by atoms with Crippen LogP contribution in [0.15, 0.2) is 59.5 Å². The van der Waals surface area contributed by atoms with Crippen LogP contribution in [0, 0.1) is 0 Å². The molecule has 2 aromatic rings. The normalized spacial score (nSPS) is 14.8. The largest absolute Gasteiger partial charge is 0.452 e. The maximum atomic E-state index is 12.6. The number of nitrogens with zero attached hydrogens (tertiary/aromatic N) is 1. The molecule has 0 aromatic heterocycles. The average Bonchev–Trinajstić information content (AvgIpc) is 2.83. The first-order valence-electron chi connectivity index (χ1n) is 10.1. The number of halogens is 2. The van der Waals surface area contributed by atoms with Gasteiger partial charge in [0.25, 0.3) is 5.91 Å². The molecule has 1 amide bonds. The molecule has 0 saturated carbocycles. The second-order valence-corrected chi connectivity index (χ2v) is 8.89. The van der Waals surface area contributed by atoms with E-state index in [2.05, 4.69) is 10.1 Å². The molecule has 0 atom stereocenters. The van der Waals surface area contributed by atoms with Crippen molar-refractivity contribution in [3.63, 3.8) is 0 Å². The maximum absolute atomic E-state index is 12.6. The van der Waals surface area contributed by atoms with Crippen molar-refractivity contribution in [2.75, 3.05) is 38.2 Å². The molecule has 34 heavy (non-hydrogen) atoms. The summed E-state index contributed by atoms with van der Waals surface area (Å²) in [6.45, 7) is -2.45. The molecule has 0 bridgehead atoms. The summed E-state index contributed by atoms with van der Waals surface area (Å²) in [5.41, 5.74) is 0.548. The first-order valence-corrected chi connectivity index (χ1v) is 11.6. The van der Waals surface area contributed by atoms with Gasteiger partial charge in [0, 0.05) is 19.2 Å². The van der Waals surface area contributed by atoms with Crippen molar-refractivity contribution < 1.29 is 41.0 Å². The van der Waals surface area contributed by atoms with Crippen LogP contribution in [-0.2, 0) is 29.1 Å². The van der Waals surface area contributed by atoms with Gasteiger partial charge in [-0.3, -0.25) is 4.79 Å². The summed E-state index contributed by atoms with van der Waals surface area (Å²) in [4.78, 5) is 24.0. The standard InChI is InChI=1S/C22H22F2N2O7S/c23-22(24)33-19-4-2-1-3-18(19)25-20(27)15-32-21(28)10-7-16-5-8-17(9-6-16)34(29,30)26-11-13-31-14-12-26/h1-10,22H,11-15H2,(H,25,27)/b10-7+. The minimum absolute atomic E-state index is 0.00603. The van der Waals surface area contributed by atoms with E-state index < -0.39 is 35.1 Å². The van der Waals surface area contributed by atoms with Gasteiger partial charge in [0.1, 0.15) is 5.75 Å². The zero-order chi connectivity index (χ0) is 24.6. The first-order chi connectivity index (χ1) is 16.3. The van der Waals surface area contributed by atoms with E-state index in [1.54, 1.807) is 0 Å². The van der Waals surface area contributed by atoms with Crippen molar-refractivity contribution in [2.24, 2.45) is 0 Å². The van der Waals surface area contributed by atoms with Gasteiger partial charge in [0.05, 0.1) is 23.8 Å². The lowest BCUT2D eigenvalue weighted by Crippen LogP contribution is -2.40. The summed E-state index contributed by atoms with van der Waals surface area (Å²) in [5, 5.41) is 2.33. The lowest BCUT2D eigenvalue weighted by atomic mass is 10.2. The average molecular weight is 496 g/mol. The van der Waals surface area contributed by atoms with Crippen LogP contribution in [0.5, 0.6) is 5.75 Å². The molecule has 2 aromatic carbocycles. The highest BCUT2D eigenvalue weighted by Crippen LogP contribution is 2.25. The van der Waals surface area contributed by atoms with Gasteiger partial charge < -0.3 is 19.5 Å². The summed E-state index contributed by atoms with van der Waals surface area (Å²) < 4.78 is 65.8. The monoisotopic (exact) mass is 496 g/mol. The van der Waals surface area contributed by atoms with Crippen molar-refractivity contribution in [1.82, 2.24) is 4.31 Å². The van der Waals surface area contributed by atoms with E-state index in [0.29, 0.717) is 18.8 Å². The topological polar surface area (TPSA) is 111 Å². The fraction of sp³-hybridized carbons (Fsp3) is 0.273. The lowest BCUT2D eigenvalue weighted by molar-refractivity contribution is -0.142. The number of alkyl halides is 2. The van der Waals surface area contributed by atoms with Crippen LogP contribution in [0.4, 0.5) is 14.5 Å². The Balaban J connectivity index is 1.51. The van der Waals surface area contributed by atoms with Crippen molar-refractivity contribution >= 4 is 33.7 Å². The number of amides is 1. The summed E-state index contributed by atoms with van der Waals surface area (Å²) in [7, 11) is -3.62. The Morgan fingerprint density at radius 3 is 2.44 bits per heavy atom. The van der Waals surface area contributed by atoms with E-state index in [1.807, 2.05) is 0 Å². The molecule has 182 valence electrons. The minimum Gasteiger partial charge on any atom is -0.452 e. The van der Waals surface area contributed by atoms with E-state index in [1.165, 1.54) is 58.9 Å². The number of rotatable bonds is 9. The second kappa shape index (κ2) is 11.7. The maximum Gasteiger partial charge on any atom is 0.387 e. The summed E-state index contributed by atoms with van der Waals surface area (Å²) in [5.74, 6) is -1.79. The molecule has 0 radical (unpaired) electrons. The molecule has 0 aliphatic carbocycles. The number of hydrogen-bond acceptors (Lipinski definition) is 7. The zero-order valence-corrected chi connectivity index (χ0v) is 18.7. The van der Waals surface area contributed by atoms with E-state index >= 15 is 0 Å². The number of benzene rings is 2. The molecule has 3 rings (SSSR count). The third-order valence-electron chi connectivity index (χ3n) is 4.62. The Morgan fingerprint density at radius 1 is 1.09 bits per heavy atom. The third-order valence-corrected chi connectivity index (χ3v) is 6.54. The van der Waals surface area contributed by atoms with Crippen molar-refractivity contribution in [3.05, 3.63) is 60.2 Å². The molecular weight excluding hydrogens is 474 g/mol. The van der Waals surface area contributed by atoms with E-state index in [0.717, 1.165) is 6.08 Å². The van der Waals surface area contributed by atoms with Gasteiger partial charge in [-0.1, -0.05) is 24.3 Å². The molecule has 1 heterocycles. The molecule has 12 heteroatoms. The van der Waals surface area contributed by atoms with Crippen molar-refractivity contribution in [2.45, 2.75) is 11.5 Å². The Kier molecular flexibility index (Phi) is 8.68. The smallest absolute Gasteiger partial charge is 0.387 e. The Labute approximate surface area is 195 Å². The van der Waals surface area contributed by atoms with Crippen LogP contribution in [0.25, 0.3) is 6.08 Å². The third kappa shape index (κ3) is 7.07. The predicted molar refractivity (Wildman–Crippen MR) is 118 cm³/mol. The van der Waals surface area contributed by atoms with Crippen LogP contribution >= 0.6 is 0 Å². The number of morpholine rings is 1. The van der Waals surface area contributed by atoms with Gasteiger partial charge in [-0.05, 0) is 35.9 Å². The molecule has 0 unspecified atom stereocenters. The van der Waals surface area contributed by atoms with Crippen LogP contribution < -0.4 is 10.1 Å². The molecule has 1 fully saturated rings. The SMILES string of the molecule is O=C(COC(=O)/C=C/c1ccc(S(=O)(=O)N2CCOCC2)cc1)Nc1ccccc1OC(F)F. The van der Waals surface area contributed by atoms with Gasteiger partial charge >= 0.3 is 12.6 Å². The predicted octanol–water partition coefficient (Wildman–Crippen LogP) is 2.50. The zero-order valence-electron chi connectivity index (χ0n) is 17.9. The van der Waals surface area contributed by atoms with Crippen LogP contribution in [0.2, 0.25) is 0 Å². The number of esters is 1. The molecule has 1 aliphatic heterocycles. The van der Waals surface area contributed by atoms with Crippen LogP contribution in [-0.4, -0.2) is 64.1 Å². The number of carbonyl (C=O) groups is 2. The van der Waals surface area contributed by atoms with Gasteiger partial charge in [0.2, 0.25) is 10.0 Å². The second-order valence-electron chi connectivity index (χ2n) is 6.95. The van der Waals surface area contributed by atoms with Gasteiger partial charge in [-0.15, -0.1) is 0 Å². The number of sulfonamides is 1. The molecular formula is C22H22F2N2O7S. The molecule has 0 spiro atoms. The lowest BCUT2D eigenvalue weighted by Gasteiger charge is -2.26. The number of anilines is 1. The van der Waals surface area contributed by atoms with Crippen LogP contribution in [0.3, 0.4) is 0 Å². The first kappa shape index (κ1) is 25.3. The highest BCUT2D eigenvalue weighted by atomic mass is 32.2. The van der Waals surface area contributed by atoms with E-state index in [9.17, 15) is 26.8 Å². The Morgan fingerprint density at radius 2 is 1.76 bits per heavy atom. The van der Waals surface area contributed by atoms with Crippen molar-refractivity contribution in [1.29, 1.82) is 0 Å². The molecule has 1 N–H and O–H groups in total. The molecule has 1 saturated heterocycles. The summed E-state index contributed by atoms with van der Waals surface area (Å²) in [6, 6.07) is 11.5. The fourth-order valence-corrected chi connectivity index (χ4v) is 4.40. The van der Waals surface area contributed by atoms with Crippen molar-refractivity contribution in [3.8, 4) is 5.75 Å². The fourth-order valence-electron chi connectivity index (χ4n) is 2.99. The van der Waals surface area contributed by atoms with E-state index in [-0.39, 0.29) is 29.4 Å². The minimum atomic E-state index is -3.62.